The summed E-state index contributed by atoms with van der Waals surface area (Å²) in [5.74, 6) is -0.544. The van der Waals surface area contributed by atoms with Gasteiger partial charge in [-0.15, -0.1) is 11.3 Å². The lowest BCUT2D eigenvalue weighted by Gasteiger charge is -2.09. The zero-order valence-electron chi connectivity index (χ0n) is 11.8. The number of alkyl halides is 3. The van der Waals surface area contributed by atoms with E-state index in [9.17, 15) is 17.6 Å². The second-order valence-corrected chi connectivity index (χ2v) is 5.98. The second kappa shape index (κ2) is 5.63. The molecule has 21 heavy (non-hydrogen) atoms. The third-order valence-electron chi connectivity index (χ3n) is 3.05. The summed E-state index contributed by atoms with van der Waals surface area (Å²) in [6.07, 6.45) is -4.35. The van der Waals surface area contributed by atoms with E-state index in [2.05, 4.69) is 4.99 Å². The van der Waals surface area contributed by atoms with Crippen LogP contribution < -0.4 is 4.80 Å². The fourth-order valence-electron chi connectivity index (χ4n) is 1.85. The van der Waals surface area contributed by atoms with E-state index in [-0.39, 0.29) is 10.5 Å². The first-order valence-corrected chi connectivity index (χ1v) is 7.03. The van der Waals surface area contributed by atoms with E-state index in [0.717, 1.165) is 26.3 Å². The maximum Gasteiger partial charge on any atom is 0.406 e. The van der Waals surface area contributed by atoms with Gasteiger partial charge in [-0.3, -0.25) is 0 Å². The van der Waals surface area contributed by atoms with Gasteiger partial charge in [0.15, 0.2) is 4.80 Å². The Hall–Kier alpha value is -1.63. The smallest absolute Gasteiger partial charge is 0.312 e. The van der Waals surface area contributed by atoms with Crippen molar-refractivity contribution in [2.45, 2.75) is 33.5 Å². The second-order valence-electron chi connectivity index (χ2n) is 4.79. The molecule has 0 aliphatic carbocycles. The van der Waals surface area contributed by atoms with E-state index in [4.69, 9.17) is 0 Å². The van der Waals surface area contributed by atoms with Crippen LogP contribution in [-0.4, -0.2) is 10.7 Å². The highest BCUT2D eigenvalue weighted by molar-refractivity contribution is 7.09. The van der Waals surface area contributed by atoms with Crippen LogP contribution >= 0.6 is 11.3 Å². The van der Waals surface area contributed by atoms with Gasteiger partial charge < -0.3 is 4.57 Å². The zero-order chi connectivity index (χ0) is 15.8. The molecule has 0 N–H and O–H groups in total. The molecule has 0 aliphatic heterocycles. The normalized spacial score (nSPS) is 13.0. The molecule has 7 heteroatoms. The maximum atomic E-state index is 13.8. The summed E-state index contributed by atoms with van der Waals surface area (Å²) >= 11 is 1.12. The maximum absolute atomic E-state index is 13.8. The van der Waals surface area contributed by atoms with Crippen molar-refractivity contribution in [3.63, 3.8) is 0 Å². The molecule has 0 amide bonds. The van der Waals surface area contributed by atoms with Gasteiger partial charge in [0.2, 0.25) is 0 Å². The van der Waals surface area contributed by atoms with Gasteiger partial charge in [0.1, 0.15) is 18.0 Å². The van der Waals surface area contributed by atoms with Crippen molar-refractivity contribution in [2.75, 3.05) is 0 Å². The van der Waals surface area contributed by atoms with E-state index in [0.29, 0.717) is 5.69 Å². The van der Waals surface area contributed by atoms with Crippen molar-refractivity contribution < 1.29 is 17.6 Å². The van der Waals surface area contributed by atoms with Crippen LogP contribution in [0.15, 0.2) is 23.2 Å². The molecule has 0 bridgehead atoms. The number of rotatable bonds is 2. The molecule has 114 valence electrons. The number of hydrogen-bond acceptors (Lipinski definition) is 2. The first-order chi connectivity index (χ1) is 9.67. The zero-order valence-corrected chi connectivity index (χ0v) is 12.6. The lowest BCUT2D eigenvalue weighted by atomic mass is 10.2. The van der Waals surface area contributed by atoms with Gasteiger partial charge in [0, 0.05) is 10.6 Å². The molecule has 0 atom stereocenters. The molecular weight excluding hydrogens is 304 g/mol. The summed E-state index contributed by atoms with van der Waals surface area (Å²) in [6.45, 7) is 3.92. The summed E-state index contributed by atoms with van der Waals surface area (Å²) in [6, 6.07) is 4.44. The minimum atomic E-state index is -4.35. The molecule has 1 aromatic carbocycles. The molecule has 0 radical (unpaired) electrons. The van der Waals surface area contributed by atoms with Gasteiger partial charge in [0.25, 0.3) is 0 Å². The minimum Gasteiger partial charge on any atom is -0.312 e. The number of aromatic nitrogens is 1. The van der Waals surface area contributed by atoms with Gasteiger partial charge in [-0.2, -0.15) is 13.2 Å². The summed E-state index contributed by atoms with van der Waals surface area (Å²) in [4.78, 5) is 4.92. The van der Waals surface area contributed by atoms with Crippen molar-refractivity contribution in [1.82, 2.24) is 4.57 Å². The van der Waals surface area contributed by atoms with Crippen LogP contribution in [0.25, 0.3) is 0 Å². The molecule has 0 saturated heterocycles. The van der Waals surface area contributed by atoms with Crippen molar-refractivity contribution in [3.05, 3.63) is 45.0 Å². The Bertz CT molecular complexity index is 726. The van der Waals surface area contributed by atoms with E-state index in [1.165, 1.54) is 12.1 Å². The molecule has 0 unspecified atom stereocenters. The van der Waals surface area contributed by atoms with Crippen LogP contribution in [-0.2, 0) is 6.54 Å². The molecule has 2 rings (SSSR count). The molecule has 1 aromatic heterocycles. The Kier molecular flexibility index (Phi) is 4.22. The molecule has 0 fully saturated rings. The number of halogens is 4. The Balaban J connectivity index is 2.58. The SMILES string of the molecule is Cc1ccc(/N=c2\sc(C)c(C)n2CC(F)(F)F)c(F)c1. The van der Waals surface area contributed by atoms with Crippen molar-refractivity contribution in [2.24, 2.45) is 4.99 Å². The third-order valence-corrected chi connectivity index (χ3v) is 4.14. The van der Waals surface area contributed by atoms with Gasteiger partial charge in [-0.1, -0.05) is 6.07 Å². The topological polar surface area (TPSA) is 17.3 Å². The molecular formula is C14H14F4N2S. The predicted molar refractivity (Wildman–Crippen MR) is 74.2 cm³/mol. The predicted octanol–water partition coefficient (Wildman–Crippen LogP) is 4.41. The lowest BCUT2D eigenvalue weighted by Crippen LogP contribution is -2.26. The van der Waals surface area contributed by atoms with E-state index in [1.54, 1.807) is 26.8 Å². The Morgan fingerprint density at radius 3 is 2.43 bits per heavy atom. The standard InChI is InChI=1S/C14H14F4N2S/c1-8-4-5-12(11(15)6-8)19-13-20(7-14(16,17)18)9(2)10(3)21-13/h4-6H,7H2,1-3H3/b19-13-. The molecule has 1 heterocycles. The van der Waals surface area contributed by atoms with Crippen molar-refractivity contribution in [1.29, 1.82) is 0 Å². The highest BCUT2D eigenvalue weighted by Crippen LogP contribution is 2.22. The summed E-state index contributed by atoms with van der Waals surface area (Å²) in [5.41, 5.74) is 1.26. The molecule has 0 aliphatic rings. The number of benzene rings is 1. The van der Waals surface area contributed by atoms with Crippen LogP contribution in [0.5, 0.6) is 0 Å². The third kappa shape index (κ3) is 3.72. The van der Waals surface area contributed by atoms with Crippen LogP contribution in [0.1, 0.15) is 16.1 Å². The first kappa shape index (κ1) is 15.8. The summed E-state index contributed by atoms with van der Waals surface area (Å²) in [5, 5.41) is 0. The largest absolute Gasteiger partial charge is 0.406 e. The van der Waals surface area contributed by atoms with Crippen LogP contribution in [0, 0.1) is 26.6 Å². The number of nitrogens with zero attached hydrogens (tertiary/aromatic N) is 2. The fraction of sp³-hybridized carbons (Fsp3) is 0.357. The Morgan fingerprint density at radius 1 is 1.19 bits per heavy atom. The van der Waals surface area contributed by atoms with Crippen molar-refractivity contribution >= 4 is 17.0 Å². The lowest BCUT2D eigenvalue weighted by molar-refractivity contribution is -0.141. The molecule has 0 spiro atoms. The highest BCUT2D eigenvalue weighted by atomic mass is 32.1. The van der Waals surface area contributed by atoms with Gasteiger partial charge in [-0.05, 0) is 38.5 Å². The molecule has 2 nitrogen and oxygen atoms in total. The summed E-state index contributed by atoms with van der Waals surface area (Å²) < 4.78 is 52.8. The van der Waals surface area contributed by atoms with E-state index < -0.39 is 18.5 Å². The minimum absolute atomic E-state index is 0.0396. The van der Waals surface area contributed by atoms with E-state index >= 15 is 0 Å². The fourth-order valence-corrected chi connectivity index (χ4v) is 2.84. The molecule has 2 aromatic rings. The van der Waals surface area contributed by atoms with Crippen LogP contribution in [0.3, 0.4) is 0 Å². The average molecular weight is 318 g/mol. The monoisotopic (exact) mass is 318 g/mol. The Morgan fingerprint density at radius 2 is 1.86 bits per heavy atom. The summed E-state index contributed by atoms with van der Waals surface area (Å²) in [7, 11) is 0. The number of thiazole rings is 1. The van der Waals surface area contributed by atoms with Crippen LogP contribution in [0.2, 0.25) is 0 Å². The van der Waals surface area contributed by atoms with E-state index in [1.807, 2.05) is 0 Å². The average Bonchev–Trinajstić information content (AvgIpc) is 2.59. The Labute approximate surface area is 123 Å². The van der Waals surface area contributed by atoms with Crippen molar-refractivity contribution in [3.8, 4) is 0 Å². The van der Waals surface area contributed by atoms with Gasteiger partial charge >= 0.3 is 6.18 Å². The first-order valence-electron chi connectivity index (χ1n) is 6.22. The highest BCUT2D eigenvalue weighted by Gasteiger charge is 2.29. The number of hydrogen-bond donors (Lipinski definition) is 0. The van der Waals surface area contributed by atoms with Crippen LogP contribution in [0.4, 0.5) is 23.2 Å². The number of aryl methyl sites for hydroxylation is 2. The van der Waals surface area contributed by atoms with Gasteiger partial charge in [-0.25, -0.2) is 9.38 Å². The molecule has 0 saturated carbocycles. The quantitative estimate of drug-likeness (QED) is 0.730. The van der Waals surface area contributed by atoms with Gasteiger partial charge in [0.05, 0.1) is 0 Å².